The molecule has 1 aliphatic heterocycles. The van der Waals surface area contributed by atoms with Crippen LogP contribution in [0.3, 0.4) is 0 Å². The first-order valence-electron chi connectivity index (χ1n) is 9.90. The first-order valence-corrected chi connectivity index (χ1v) is 9.90. The zero-order valence-corrected chi connectivity index (χ0v) is 16.2. The van der Waals surface area contributed by atoms with Crippen LogP contribution in [0.1, 0.15) is 30.2 Å². The van der Waals surface area contributed by atoms with Crippen LogP contribution in [-0.4, -0.2) is 44.0 Å². The highest BCUT2D eigenvalue weighted by Gasteiger charge is 2.32. The predicted octanol–water partition coefficient (Wildman–Crippen LogP) is 3.19. The van der Waals surface area contributed by atoms with Gasteiger partial charge in [-0.3, -0.25) is 14.6 Å². The minimum Gasteiger partial charge on any atom is -0.391 e. The molecule has 2 unspecified atom stereocenters. The zero-order valence-electron chi connectivity index (χ0n) is 16.2. The molecular weight excluding hydrogens is 336 g/mol. The van der Waals surface area contributed by atoms with E-state index in [0.717, 1.165) is 44.5 Å². The van der Waals surface area contributed by atoms with Crippen molar-refractivity contribution in [1.29, 1.82) is 0 Å². The Hall–Kier alpha value is -2.24. The zero-order chi connectivity index (χ0) is 18.8. The van der Waals surface area contributed by atoms with Gasteiger partial charge in [0.2, 0.25) is 0 Å². The molecular formula is C22H28N4O. The molecule has 1 aliphatic rings. The van der Waals surface area contributed by atoms with Gasteiger partial charge in [-0.05, 0) is 37.5 Å². The number of aliphatic hydroxyl groups is 1. The average Bonchev–Trinajstić information content (AvgIpc) is 3.19. The van der Waals surface area contributed by atoms with E-state index >= 15 is 0 Å². The van der Waals surface area contributed by atoms with Gasteiger partial charge in [0.25, 0.3) is 0 Å². The number of hydrogen-bond acceptors (Lipinski definition) is 4. The smallest absolute Gasteiger partial charge is 0.0710 e. The SMILES string of the molecule is CCCn1ncc(CN2CC(O)C(Cc3ccnc4ccccc34)C2)c1C. The van der Waals surface area contributed by atoms with Crippen molar-refractivity contribution in [3.05, 3.63) is 59.5 Å². The number of aryl methyl sites for hydroxylation is 1. The van der Waals surface area contributed by atoms with E-state index in [9.17, 15) is 5.11 Å². The number of likely N-dealkylation sites (tertiary alicyclic amines) is 1. The average molecular weight is 364 g/mol. The molecule has 5 heteroatoms. The van der Waals surface area contributed by atoms with Gasteiger partial charge in [0.05, 0.1) is 17.8 Å². The molecule has 1 aromatic carbocycles. The van der Waals surface area contributed by atoms with E-state index < -0.39 is 0 Å². The normalized spacial score (nSPS) is 20.6. The van der Waals surface area contributed by atoms with Gasteiger partial charge < -0.3 is 5.11 Å². The fraction of sp³-hybridized carbons (Fsp3) is 0.455. The highest BCUT2D eigenvalue weighted by molar-refractivity contribution is 5.81. The second-order valence-electron chi connectivity index (χ2n) is 7.69. The minimum absolute atomic E-state index is 0.252. The van der Waals surface area contributed by atoms with Crippen molar-refractivity contribution in [2.24, 2.45) is 5.92 Å². The Kier molecular flexibility index (Phi) is 5.23. The summed E-state index contributed by atoms with van der Waals surface area (Å²) in [7, 11) is 0. The van der Waals surface area contributed by atoms with Crippen LogP contribution >= 0.6 is 0 Å². The molecule has 0 saturated carbocycles. The summed E-state index contributed by atoms with van der Waals surface area (Å²) in [6.07, 6.45) is 5.55. The maximum absolute atomic E-state index is 10.7. The van der Waals surface area contributed by atoms with Crippen LogP contribution in [-0.2, 0) is 19.5 Å². The van der Waals surface area contributed by atoms with E-state index in [1.54, 1.807) is 0 Å². The summed E-state index contributed by atoms with van der Waals surface area (Å²) in [5, 5.41) is 16.4. The number of pyridine rings is 1. The molecule has 5 nitrogen and oxygen atoms in total. The quantitative estimate of drug-likeness (QED) is 0.730. The molecule has 142 valence electrons. The molecule has 4 rings (SSSR count). The number of rotatable bonds is 6. The number of hydrogen-bond donors (Lipinski definition) is 1. The van der Waals surface area contributed by atoms with Gasteiger partial charge in [-0.2, -0.15) is 5.10 Å². The van der Waals surface area contributed by atoms with Gasteiger partial charge in [-0.25, -0.2) is 0 Å². The number of fused-ring (bicyclic) bond motifs is 1. The molecule has 2 aromatic heterocycles. The maximum atomic E-state index is 10.7. The van der Waals surface area contributed by atoms with Crippen molar-refractivity contribution in [3.8, 4) is 0 Å². The molecule has 1 N–H and O–H groups in total. The Bertz CT molecular complexity index is 914. The predicted molar refractivity (Wildman–Crippen MR) is 107 cm³/mol. The molecule has 1 fully saturated rings. The molecule has 0 amide bonds. The van der Waals surface area contributed by atoms with Gasteiger partial charge in [0, 0.05) is 54.9 Å². The van der Waals surface area contributed by atoms with Gasteiger partial charge in [0.15, 0.2) is 0 Å². The lowest BCUT2D eigenvalue weighted by atomic mass is 9.94. The van der Waals surface area contributed by atoms with Gasteiger partial charge in [-0.15, -0.1) is 0 Å². The van der Waals surface area contributed by atoms with Crippen LogP contribution in [0.4, 0.5) is 0 Å². The number of nitrogens with zero attached hydrogens (tertiary/aromatic N) is 4. The topological polar surface area (TPSA) is 54.2 Å². The molecule has 3 aromatic rings. The summed E-state index contributed by atoms with van der Waals surface area (Å²) in [5.41, 5.74) is 4.82. The second kappa shape index (κ2) is 7.79. The molecule has 2 atom stereocenters. The Morgan fingerprint density at radius 3 is 2.85 bits per heavy atom. The van der Waals surface area contributed by atoms with E-state index in [4.69, 9.17) is 0 Å². The third-order valence-electron chi connectivity index (χ3n) is 5.74. The lowest BCUT2D eigenvalue weighted by Gasteiger charge is -2.16. The summed E-state index contributed by atoms with van der Waals surface area (Å²) in [5.74, 6) is 0.252. The van der Waals surface area contributed by atoms with E-state index in [1.165, 1.54) is 22.2 Å². The third kappa shape index (κ3) is 3.75. The molecule has 0 aliphatic carbocycles. The lowest BCUT2D eigenvalue weighted by Crippen LogP contribution is -2.21. The van der Waals surface area contributed by atoms with E-state index in [0.29, 0.717) is 0 Å². The van der Waals surface area contributed by atoms with Gasteiger partial charge in [0.1, 0.15) is 0 Å². The van der Waals surface area contributed by atoms with Crippen LogP contribution in [0.5, 0.6) is 0 Å². The first kappa shape index (κ1) is 18.1. The van der Waals surface area contributed by atoms with Crippen molar-refractivity contribution in [1.82, 2.24) is 19.7 Å². The minimum atomic E-state index is -0.289. The number of β-amino-alcohol motifs (C(OH)–C–C–N with tert-alkyl or cyclic N) is 1. The second-order valence-corrected chi connectivity index (χ2v) is 7.69. The summed E-state index contributed by atoms with van der Waals surface area (Å²) >= 11 is 0. The van der Waals surface area contributed by atoms with Crippen molar-refractivity contribution in [2.75, 3.05) is 13.1 Å². The number of benzene rings is 1. The molecule has 1 saturated heterocycles. The number of para-hydroxylation sites is 1. The van der Waals surface area contributed by atoms with Gasteiger partial charge >= 0.3 is 0 Å². The third-order valence-corrected chi connectivity index (χ3v) is 5.74. The molecule has 0 bridgehead atoms. The maximum Gasteiger partial charge on any atom is 0.0710 e. The van der Waals surface area contributed by atoms with Gasteiger partial charge in [-0.1, -0.05) is 25.1 Å². The molecule has 27 heavy (non-hydrogen) atoms. The Balaban J connectivity index is 1.45. The number of aliphatic hydroxyl groups excluding tert-OH is 1. The monoisotopic (exact) mass is 364 g/mol. The Morgan fingerprint density at radius 1 is 1.15 bits per heavy atom. The van der Waals surface area contributed by atoms with Crippen LogP contribution < -0.4 is 0 Å². The standard InChI is InChI=1S/C22H28N4O/c1-3-10-26-16(2)19(12-24-26)14-25-13-18(22(27)15-25)11-17-8-9-23-21-7-5-4-6-20(17)21/h4-9,12,18,22,27H,3,10-11,13-15H2,1-2H3. The van der Waals surface area contributed by atoms with Crippen LogP contribution in [0, 0.1) is 12.8 Å². The largest absolute Gasteiger partial charge is 0.391 e. The summed E-state index contributed by atoms with van der Waals surface area (Å²) < 4.78 is 2.09. The van der Waals surface area contributed by atoms with Crippen molar-refractivity contribution >= 4 is 10.9 Å². The van der Waals surface area contributed by atoms with Crippen LogP contribution in [0.25, 0.3) is 10.9 Å². The molecule has 0 radical (unpaired) electrons. The van der Waals surface area contributed by atoms with E-state index in [1.807, 2.05) is 24.5 Å². The molecule has 3 heterocycles. The summed E-state index contributed by atoms with van der Waals surface area (Å²) in [6.45, 7) is 7.78. The van der Waals surface area contributed by atoms with Crippen LogP contribution in [0.15, 0.2) is 42.7 Å². The molecule has 0 spiro atoms. The van der Waals surface area contributed by atoms with Crippen LogP contribution in [0.2, 0.25) is 0 Å². The highest BCUT2D eigenvalue weighted by atomic mass is 16.3. The fourth-order valence-electron chi connectivity index (χ4n) is 4.21. The highest BCUT2D eigenvalue weighted by Crippen LogP contribution is 2.26. The Labute approximate surface area is 160 Å². The fourth-order valence-corrected chi connectivity index (χ4v) is 4.21. The Morgan fingerprint density at radius 2 is 2.00 bits per heavy atom. The first-order chi connectivity index (χ1) is 13.2. The van der Waals surface area contributed by atoms with E-state index in [-0.39, 0.29) is 12.0 Å². The van der Waals surface area contributed by atoms with Crippen molar-refractivity contribution in [2.45, 2.75) is 45.9 Å². The number of aromatic nitrogens is 3. The van der Waals surface area contributed by atoms with Crippen molar-refractivity contribution < 1.29 is 5.11 Å². The summed E-state index contributed by atoms with van der Waals surface area (Å²) in [4.78, 5) is 6.81. The summed E-state index contributed by atoms with van der Waals surface area (Å²) in [6, 6.07) is 10.3. The van der Waals surface area contributed by atoms with E-state index in [2.05, 4.69) is 51.7 Å². The lowest BCUT2D eigenvalue weighted by molar-refractivity contribution is 0.141. The van der Waals surface area contributed by atoms with Crippen molar-refractivity contribution in [3.63, 3.8) is 0 Å².